The van der Waals surface area contributed by atoms with Crippen LogP contribution in [0.3, 0.4) is 0 Å². The molecule has 1 atom stereocenters. The Morgan fingerprint density at radius 1 is 1.58 bits per heavy atom. The zero-order chi connectivity index (χ0) is 8.97. The van der Waals surface area contributed by atoms with E-state index in [0.29, 0.717) is 13.0 Å². The monoisotopic (exact) mass is 192 g/mol. The summed E-state index contributed by atoms with van der Waals surface area (Å²) in [5, 5.41) is 2.63. The van der Waals surface area contributed by atoms with Gasteiger partial charge < -0.3 is 5.32 Å². The molecule has 12 heavy (non-hydrogen) atoms. The van der Waals surface area contributed by atoms with Gasteiger partial charge in [-0.1, -0.05) is 0 Å². The van der Waals surface area contributed by atoms with Crippen LogP contribution in [0.5, 0.6) is 0 Å². The number of thiol groups is 1. The van der Waals surface area contributed by atoms with Gasteiger partial charge in [0.1, 0.15) is 0 Å². The van der Waals surface area contributed by atoms with Gasteiger partial charge in [-0.25, -0.2) is 8.42 Å². The quantitative estimate of drug-likeness (QED) is 0.415. The fourth-order valence-electron chi connectivity index (χ4n) is 1.36. The van der Waals surface area contributed by atoms with Crippen molar-refractivity contribution < 1.29 is 13.2 Å². The fourth-order valence-corrected chi connectivity index (χ4v) is 1.94. The van der Waals surface area contributed by atoms with Crippen molar-refractivity contribution in [3.8, 4) is 0 Å². The highest BCUT2D eigenvalue weighted by atomic mass is 32.2. The Kier molecular flexibility index (Phi) is 3.48. The molecule has 0 spiro atoms. The van der Waals surface area contributed by atoms with Gasteiger partial charge in [0.05, 0.1) is 5.88 Å². The maximum Gasteiger partial charge on any atom is 0.207 e. The Bertz CT molecular complexity index is 221. The molecule has 0 aromatic rings. The smallest absolute Gasteiger partial charge is 0.207 e. The number of hydrogen-bond donors (Lipinski definition) is 2. The highest BCUT2D eigenvalue weighted by Crippen LogP contribution is 2.07. The number of nitrogens with zero attached hydrogens (tertiary/aromatic N) is 1. The van der Waals surface area contributed by atoms with E-state index in [1.165, 1.54) is 0 Å². The van der Waals surface area contributed by atoms with E-state index >= 15 is 0 Å². The van der Waals surface area contributed by atoms with Crippen LogP contribution in [0.15, 0.2) is 0 Å². The van der Waals surface area contributed by atoms with E-state index in [9.17, 15) is 13.2 Å². The van der Waals surface area contributed by atoms with Gasteiger partial charge in [0, 0.05) is 19.1 Å². The van der Waals surface area contributed by atoms with Gasteiger partial charge in [-0.3, -0.25) is 9.69 Å². The second-order valence-corrected chi connectivity index (χ2v) is 3.77. The van der Waals surface area contributed by atoms with Crippen LogP contribution in [0.4, 0.5) is 0 Å². The SMILES string of the molecule is O=CNC1CCN(C[SH](=O)=O)C1. The third kappa shape index (κ3) is 2.78. The molecule has 70 valence electrons. The molecule has 1 aliphatic rings. The molecule has 1 fully saturated rings. The number of carbonyl (C=O) groups excluding carboxylic acids is 1. The first-order chi connectivity index (χ1) is 5.72. The molecule has 0 bridgehead atoms. The predicted molar refractivity (Wildman–Crippen MR) is 44.4 cm³/mol. The molecule has 0 saturated carbocycles. The zero-order valence-corrected chi connectivity index (χ0v) is 7.50. The number of amides is 1. The molecule has 0 aromatic carbocycles. The summed E-state index contributed by atoms with van der Waals surface area (Å²) >= 11 is 0. The fraction of sp³-hybridized carbons (Fsp3) is 0.833. The van der Waals surface area contributed by atoms with Gasteiger partial charge >= 0.3 is 0 Å². The number of likely N-dealkylation sites (tertiary alicyclic amines) is 1. The molecular weight excluding hydrogens is 180 g/mol. The van der Waals surface area contributed by atoms with Gasteiger partial charge in [0.15, 0.2) is 10.7 Å². The third-order valence-corrected chi connectivity index (χ3v) is 2.52. The Balaban J connectivity index is 2.29. The second kappa shape index (κ2) is 4.42. The van der Waals surface area contributed by atoms with Crippen molar-refractivity contribution in [1.82, 2.24) is 10.2 Å². The Morgan fingerprint density at radius 2 is 2.33 bits per heavy atom. The summed E-state index contributed by atoms with van der Waals surface area (Å²) in [7, 11) is -2.33. The highest BCUT2D eigenvalue weighted by molar-refractivity contribution is 7.72. The summed E-state index contributed by atoms with van der Waals surface area (Å²) in [6.07, 6.45) is 1.49. The van der Waals surface area contributed by atoms with Gasteiger partial charge in [-0.2, -0.15) is 0 Å². The molecule has 0 radical (unpaired) electrons. The summed E-state index contributed by atoms with van der Waals surface area (Å²) in [6, 6.07) is 0.123. The van der Waals surface area contributed by atoms with E-state index in [1.54, 1.807) is 0 Å². The van der Waals surface area contributed by atoms with Crippen molar-refractivity contribution in [2.45, 2.75) is 12.5 Å². The largest absolute Gasteiger partial charge is 0.355 e. The van der Waals surface area contributed by atoms with Crippen molar-refractivity contribution in [1.29, 1.82) is 0 Å². The minimum absolute atomic E-state index is 0.104. The summed E-state index contributed by atoms with van der Waals surface area (Å²) in [6.45, 7) is 1.39. The van der Waals surface area contributed by atoms with E-state index in [0.717, 1.165) is 13.0 Å². The first kappa shape index (κ1) is 9.47. The van der Waals surface area contributed by atoms with Gasteiger partial charge in [0.25, 0.3) is 0 Å². The number of carbonyl (C=O) groups is 1. The average molecular weight is 192 g/mol. The number of hydrogen-bond acceptors (Lipinski definition) is 4. The van der Waals surface area contributed by atoms with Crippen LogP contribution in [0.2, 0.25) is 0 Å². The van der Waals surface area contributed by atoms with E-state index in [4.69, 9.17) is 0 Å². The van der Waals surface area contributed by atoms with Crippen molar-refractivity contribution in [2.24, 2.45) is 0 Å². The van der Waals surface area contributed by atoms with E-state index in [2.05, 4.69) is 5.32 Å². The van der Waals surface area contributed by atoms with Crippen LogP contribution < -0.4 is 5.32 Å². The second-order valence-electron chi connectivity index (χ2n) is 2.82. The lowest BCUT2D eigenvalue weighted by atomic mass is 10.3. The van der Waals surface area contributed by atoms with Crippen molar-refractivity contribution in [3.05, 3.63) is 0 Å². The minimum atomic E-state index is -2.33. The Hall–Kier alpha value is -0.620. The molecular formula is C6H12N2O3S. The molecule has 0 aromatic heterocycles. The predicted octanol–water partition coefficient (Wildman–Crippen LogP) is -1.62. The average Bonchev–Trinajstić information content (AvgIpc) is 2.36. The molecule has 1 rings (SSSR count). The molecule has 0 aliphatic carbocycles. The van der Waals surface area contributed by atoms with Crippen LogP contribution >= 0.6 is 0 Å². The Morgan fingerprint density at radius 3 is 2.92 bits per heavy atom. The zero-order valence-electron chi connectivity index (χ0n) is 6.60. The van der Waals surface area contributed by atoms with Crippen LogP contribution in [0.1, 0.15) is 6.42 Å². The van der Waals surface area contributed by atoms with Gasteiger partial charge in [-0.05, 0) is 6.42 Å². The first-order valence-electron chi connectivity index (χ1n) is 3.76. The highest BCUT2D eigenvalue weighted by Gasteiger charge is 2.21. The number of nitrogens with one attached hydrogen (secondary N) is 1. The summed E-state index contributed by atoms with van der Waals surface area (Å²) in [5.74, 6) is 0.104. The lowest BCUT2D eigenvalue weighted by Crippen LogP contribution is -2.32. The molecule has 1 heterocycles. The van der Waals surface area contributed by atoms with E-state index in [1.807, 2.05) is 4.90 Å². The standard InChI is InChI=1S/C6H12N2O3S/c9-4-7-6-1-2-8(3-6)5-12(10)11/h4,6,12H,1-3,5H2,(H,7,9). The lowest BCUT2D eigenvalue weighted by Gasteiger charge is -2.10. The Labute approximate surface area is 72.7 Å². The summed E-state index contributed by atoms with van der Waals surface area (Å²) < 4.78 is 20.7. The molecule has 1 amide bonds. The molecule has 1 saturated heterocycles. The molecule has 1 N–H and O–H groups in total. The normalized spacial score (nSPS) is 24.6. The first-order valence-corrected chi connectivity index (χ1v) is 5.12. The number of rotatable bonds is 4. The lowest BCUT2D eigenvalue weighted by molar-refractivity contribution is -0.110. The van der Waals surface area contributed by atoms with Crippen molar-refractivity contribution in [3.63, 3.8) is 0 Å². The van der Waals surface area contributed by atoms with Crippen molar-refractivity contribution >= 4 is 17.1 Å². The van der Waals surface area contributed by atoms with E-state index in [-0.39, 0.29) is 11.9 Å². The molecule has 6 heteroatoms. The van der Waals surface area contributed by atoms with E-state index < -0.39 is 10.7 Å². The minimum Gasteiger partial charge on any atom is -0.355 e. The third-order valence-electron chi connectivity index (χ3n) is 1.89. The maximum absolute atomic E-state index is 10.3. The maximum atomic E-state index is 10.3. The van der Waals surface area contributed by atoms with Gasteiger partial charge in [0.2, 0.25) is 6.41 Å². The summed E-state index contributed by atoms with van der Waals surface area (Å²) in [5.41, 5.74) is 0. The topological polar surface area (TPSA) is 66.5 Å². The molecule has 5 nitrogen and oxygen atoms in total. The summed E-state index contributed by atoms with van der Waals surface area (Å²) in [4.78, 5) is 11.9. The van der Waals surface area contributed by atoms with Crippen LogP contribution in [-0.2, 0) is 15.5 Å². The van der Waals surface area contributed by atoms with Crippen LogP contribution in [0.25, 0.3) is 0 Å². The van der Waals surface area contributed by atoms with Crippen molar-refractivity contribution in [2.75, 3.05) is 19.0 Å². The molecule has 1 unspecified atom stereocenters. The molecule has 1 aliphatic heterocycles. The van der Waals surface area contributed by atoms with Crippen LogP contribution in [0, 0.1) is 0 Å². The van der Waals surface area contributed by atoms with Crippen LogP contribution in [-0.4, -0.2) is 44.7 Å². The van der Waals surface area contributed by atoms with Gasteiger partial charge in [-0.15, -0.1) is 0 Å².